The molecule has 17 heavy (non-hydrogen) atoms. The number of ether oxygens (including phenoxy) is 1. The molecule has 0 bridgehead atoms. The van der Waals surface area contributed by atoms with Gasteiger partial charge < -0.3 is 10.1 Å². The molecule has 1 aliphatic heterocycles. The van der Waals surface area contributed by atoms with Crippen molar-refractivity contribution in [2.24, 2.45) is 0 Å². The summed E-state index contributed by atoms with van der Waals surface area (Å²) in [5.41, 5.74) is 2.12. The molecule has 0 saturated heterocycles. The number of benzene rings is 1. The van der Waals surface area contributed by atoms with Crippen LogP contribution in [0, 0.1) is 5.82 Å². The largest absolute Gasteiger partial charge is 0.490 e. The molecule has 1 amide bonds. The second-order valence-corrected chi connectivity index (χ2v) is 4.20. The van der Waals surface area contributed by atoms with Gasteiger partial charge in [0, 0.05) is 25.5 Å². The van der Waals surface area contributed by atoms with Gasteiger partial charge in [0.15, 0.2) is 11.6 Å². The molecule has 92 valence electrons. The van der Waals surface area contributed by atoms with Gasteiger partial charge in [0.05, 0.1) is 6.61 Å². The molecule has 0 unspecified atom stereocenters. The average molecular weight is 237 g/mol. The third kappa shape index (κ3) is 2.75. The lowest BCUT2D eigenvalue weighted by Crippen LogP contribution is -2.21. The Kier molecular flexibility index (Phi) is 3.61. The van der Waals surface area contributed by atoms with Gasteiger partial charge in [-0.1, -0.05) is 6.07 Å². The summed E-state index contributed by atoms with van der Waals surface area (Å²) >= 11 is 0. The van der Waals surface area contributed by atoms with Crippen LogP contribution < -0.4 is 10.1 Å². The van der Waals surface area contributed by atoms with Crippen LogP contribution in [0.3, 0.4) is 0 Å². The Labute approximate surface area is 100.0 Å². The third-order valence-corrected chi connectivity index (χ3v) is 2.90. The number of nitrogens with one attached hydrogen (secondary N) is 1. The minimum absolute atomic E-state index is 0.0160. The summed E-state index contributed by atoms with van der Waals surface area (Å²) in [4.78, 5) is 10.7. The van der Waals surface area contributed by atoms with E-state index in [1.54, 1.807) is 0 Å². The molecule has 0 saturated carbocycles. The quantitative estimate of drug-likeness (QED) is 0.811. The Morgan fingerprint density at radius 1 is 1.53 bits per heavy atom. The van der Waals surface area contributed by atoms with Crippen molar-refractivity contribution < 1.29 is 13.9 Å². The van der Waals surface area contributed by atoms with Gasteiger partial charge in [0.25, 0.3) is 0 Å². The highest BCUT2D eigenvalue weighted by molar-refractivity contribution is 5.72. The van der Waals surface area contributed by atoms with Crippen molar-refractivity contribution in [1.29, 1.82) is 0 Å². The molecule has 1 aromatic carbocycles. The van der Waals surface area contributed by atoms with Gasteiger partial charge >= 0.3 is 0 Å². The van der Waals surface area contributed by atoms with Gasteiger partial charge in [-0.25, -0.2) is 4.39 Å². The van der Waals surface area contributed by atoms with Crippen LogP contribution in [-0.4, -0.2) is 19.1 Å². The number of rotatable bonds is 4. The molecule has 0 spiro atoms. The van der Waals surface area contributed by atoms with Crippen molar-refractivity contribution in [3.63, 3.8) is 0 Å². The molecule has 1 heterocycles. The Bertz CT molecular complexity index is 432. The molecule has 1 aliphatic rings. The normalized spacial score (nSPS) is 13.1. The van der Waals surface area contributed by atoms with Crippen molar-refractivity contribution in [2.45, 2.75) is 26.2 Å². The fourth-order valence-electron chi connectivity index (χ4n) is 2.10. The molecular weight excluding hydrogens is 221 g/mol. The lowest BCUT2D eigenvalue weighted by molar-refractivity contribution is -0.118. The first-order valence-corrected chi connectivity index (χ1v) is 5.86. The van der Waals surface area contributed by atoms with Crippen LogP contribution in [-0.2, 0) is 17.6 Å². The zero-order valence-corrected chi connectivity index (χ0v) is 9.88. The van der Waals surface area contributed by atoms with Crippen LogP contribution in [0.4, 0.5) is 4.39 Å². The third-order valence-electron chi connectivity index (χ3n) is 2.90. The highest BCUT2D eigenvalue weighted by Crippen LogP contribution is 2.31. The van der Waals surface area contributed by atoms with E-state index in [2.05, 4.69) is 5.32 Å². The Morgan fingerprint density at radius 3 is 3.12 bits per heavy atom. The van der Waals surface area contributed by atoms with Gasteiger partial charge in [0.1, 0.15) is 0 Å². The van der Waals surface area contributed by atoms with E-state index in [9.17, 15) is 9.18 Å². The van der Waals surface area contributed by atoms with Crippen molar-refractivity contribution in [3.05, 3.63) is 29.1 Å². The van der Waals surface area contributed by atoms with E-state index < -0.39 is 0 Å². The van der Waals surface area contributed by atoms with E-state index in [4.69, 9.17) is 4.74 Å². The summed E-state index contributed by atoms with van der Waals surface area (Å²) in [7, 11) is 0. The van der Waals surface area contributed by atoms with E-state index in [1.807, 2.05) is 6.07 Å². The minimum atomic E-state index is -0.275. The van der Waals surface area contributed by atoms with Gasteiger partial charge in [-0.05, 0) is 24.5 Å². The Balaban J connectivity index is 1.98. The highest BCUT2D eigenvalue weighted by atomic mass is 19.1. The van der Waals surface area contributed by atoms with E-state index in [-0.39, 0.29) is 11.7 Å². The minimum Gasteiger partial charge on any atom is -0.490 e. The molecule has 2 rings (SSSR count). The predicted molar refractivity (Wildman–Crippen MR) is 62.6 cm³/mol. The van der Waals surface area contributed by atoms with Gasteiger partial charge in [-0.3, -0.25) is 4.79 Å². The zero-order chi connectivity index (χ0) is 12.3. The van der Waals surface area contributed by atoms with E-state index in [0.29, 0.717) is 18.9 Å². The van der Waals surface area contributed by atoms with Crippen LogP contribution in [0.1, 0.15) is 24.5 Å². The summed E-state index contributed by atoms with van der Waals surface area (Å²) in [6.45, 7) is 2.72. The number of halogens is 1. The smallest absolute Gasteiger partial charge is 0.216 e. The molecule has 4 heteroatoms. The summed E-state index contributed by atoms with van der Waals surface area (Å²) in [6.07, 6.45) is 2.48. The number of carbonyl (C=O) groups excluding carboxylic acids is 1. The van der Waals surface area contributed by atoms with Crippen LogP contribution >= 0.6 is 0 Å². The standard InChI is InChI=1S/C13H16FNO2/c1-9(16)15-7-2-3-10-4-5-12(14)13-11(10)6-8-17-13/h4-5H,2-3,6-8H2,1H3,(H,15,16). The first kappa shape index (κ1) is 11.9. The Hall–Kier alpha value is -1.58. The van der Waals surface area contributed by atoms with Crippen molar-refractivity contribution in [3.8, 4) is 5.75 Å². The maximum atomic E-state index is 13.4. The van der Waals surface area contributed by atoms with E-state index >= 15 is 0 Å². The predicted octanol–water partition coefficient (Wildman–Crippen LogP) is 1.83. The average Bonchev–Trinajstić information content (AvgIpc) is 2.76. The summed E-state index contributed by atoms with van der Waals surface area (Å²) < 4.78 is 18.7. The number of carbonyl (C=O) groups is 1. The lowest BCUT2D eigenvalue weighted by atomic mass is 10.0. The van der Waals surface area contributed by atoms with Gasteiger partial charge in [-0.15, -0.1) is 0 Å². The molecule has 1 aromatic rings. The van der Waals surface area contributed by atoms with Crippen LogP contribution in [0.15, 0.2) is 12.1 Å². The van der Waals surface area contributed by atoms with Crippen LogP contribution in [0.5, 0.6) is 5.75 Å². The number of amides is 1. The maximum absolute atomic E-state index is 13.4. The van der Waals surface area contributed by atoms with Crippen LogP contribution in [0.2, 0.25) is 0 Å². The fraction of sp³-hybridized carbons (Fsp3) is 0.462. The monoisotopic (exact) mass is 237 g/mol. The first-order valence-electron chi connectivity index (χ1n) is 5.86. The molecule has 1 N–H and O–H groups in total. The Morgan fingerprint density at radius 2 is 2.35 bits per heavy atom. The van der Waals surface area contributed by atoms with Crippen molar-refractivity contribution in [2.75, 3.05) is 13.2 Å². The maximum Gasteiger partial charge on any atom is 0.216 e. The molecular formula is C13H16FNO2. The summed E-state index contributed by atoms with van der Waals surface area (Å²) in [5.74, 6) is 0.128. The lowest BCUT2D eigenvalue weighted by Gasteiger charge is -2.08. The summed E-state index contributed by atoms with van der Waals surface area (Å²) in [6, 6.07) is 3.27. The topological polar surface area (TPSA) is 38.3 Å². The second kappa shape index (κ2) is 5.17. The number of hydrogen-bond acceptors (Lipinski definition) is 2. The number of aryl methyl sites for hydroxylation is 1. The molecule has 0 fully saturated rings. The molecule has 0 aromatic heterocycles. The SMILES string of the molecule is CC(=O)NCCCc1ccc(F)c2c1CCO2. The fourth-order valence-corrected chi connectivity index (χ4v) is 2.10. The van der Waals surface area contributed by atoms with Gasteiger partial charge in [0.2, 0.25) is 5.91 Å². The zero-order valence-electron chi connectivity index (χ0n) is 9.88. The number of hydrogen-bond donors (Lipinski definition) is 1. The van der Waals surface area contributed by atoms with Crippen molar-refractivity contribution >= 4 is 5.91 Å². The first-order chi connectivity index (χ1) is 8.18. The molecule has 0 atom stereocenters. The second-order valence-electron chi connectivity index (χ2n) is 4.20. The van der Waals surface area contributed by atoms with E-state index in [1.165, 1.54) is 13.0 Å². The van der Waals surface area contributed by atoms with Gasteiger partial charge in [-0.2, -0.15) is 0 Å². The van der Waals surface area contributed by atoms with E-state index in [0.717, 1.165) is 30.4 Å². The highest BCUT2D eigenvalue weighted by Gasteiger charge is 2.19. The molecule has 0 aliphatic carbocycles. The molecule has 0 radical (unpaired) electrons. The number of fused-ring (bicyclic) bond motifs is 1. The van der Waals surface area contributed by atoms with Crippen molar-refractivity contribution in [1.82, 2.24) is 5.32 Å². The van der Waals surface area contributed by atoms with Crippen LogP contribution in [0.25, 0.3) is 0 Å². The molecule has 3 nitrogen and oxygen atoms in total. The summed E-state index contributed by atoms with van der Waals surface area (Å²) in [5, 5.41) is 2.75.